The molecule has 0 radical (unpaired) electrons. The van der Waals surface area contributed by atoms with E-state index in [4.69, 9.17) is 11.6 Å². The zero-order valence-corrected chi connectivity index (χ0v) is 12.4. The average molecular weight is 327 g/mol. The van der Waals surface area contributed by atoms with E-state index in [0.29, 0.717) is 5.69 Å². The maximum Gasteiger partial charge on any atom is 0.275 e. The molecule has 0 atom stereocenters. The van der Waals surface area contributed by atoms with Gasteiger partial charge in [0.1, 0.15) is 10.8 Å². The quantitative estimate of drug-likeness (QED) is 0.891. The van der Waals surface area contributed by atoms with Crippen molar-refractivity contribution in [2.75, 3.05) is 16.3 Å². The molecular formula is C12H11ClN4O3S. The number of halogens is 1. The predicted octanol–water partition coefficient (Wildman–Crippen LogP) is 1.75. The molecule has 1 aromatic heterocycles. The van der Waals surface area contributed by atoms with Gasteiger partial charge < -0.3 is 5.32 Å². The summed E-state index contributed by atoms with van der Waals surface area (Å²) in [4.78, 5) is 19.6. The molecule has 21 heavy (non-hydrogen) atoms. The van der Waals surface area contributed by atoms with E-state index in [1.54, 1.807) is 18.2 Å². The fourth-order valence-electron chi connectivity index (χ4n) is 1.50. The van der Waals surface area contributed by atoms with Crippen LogP contribution in [0.1, 0.15) is 10.5 Å². The first-order valence-electron chi connectivity index (χ1n) is 5.71. The second-order valence-corrected chi connectivity index (χ2v) is 6.23. The number of sulfonamides is 1. The molecule has 0 fully saturated rings. The lowest BCUT2D eigenvalue weighted by molar-refractivity contribution is 0.102. The highest BCUT2D eigenvalue weighted by molar-refractivity contribution is 7.92. The molecule has 0 aliphatic rings. The van der Waals surface area contributed by atoms with Crippen molar-refractivity contribution < 1.29 is 13.2 Å². The fourth-order valence-corrected chi connectivity index (χ4v) is 2.17. The van der Waals surface area contributed by atoms with Crippen molar-refractivity contribution in [2.24, 2.45) is 0 Å². The molecule has 110 valence electrons. The summed E-state index contributed by atoms with van der Waals surface area (Å²) in [6.45, 7) is 0. The summed E-state index contributed by atoms with van der Waals surface area (Å²) in [5.41, 5.74) is 0.633. The second kappa shape index (κ2) is 6.06. The highest BCUT2D eigenvalue weighted by Crippen LogP contribution is 2.22. The van der Waals surface area contributed by atoms with E-state index < -0.39 is 15.9 Å². The van der Waals surface area contributed by atoms with E-state index in [1.807, 2.05) is 0 Å². The van der Waals surface area contributed by atoms with Gasteiger partial charge in [-0.1, -0.05) is 23.7 Å². The van der Waals surface area contributed by atoms with Crippen LogP contribution in [-0.2, 0) is 10.0 Å². The Kier molecular flexibility index (Phi) is 4.39. The van der Waals surface area contributed by atoms with Crippen LogP contribution in [0.15, 0.2) is 36.7 Å². The number of nitrogens with zero attached hydrogens (tertiary/aromatic N) is 2. The molecule has 1 amide bonds. The summed E-state index contributed by atoms with van der Waals surface area (Å²) in [6.07, 6.45) is 3.50. The van der Waals surface area contributed by atoms with Gasteiger partial charge in [-0.3, -0.25) is 9.52 Å². The lowest BCUT2D eigenvalue weighted by Crippen LogP contribution is -2.17. The van der Waals surface area contributed by atoms with E-state index in [0.717, 1.165) is 6.26 Å². The van der Waals surface area contributed by atoms with Crippen LogP contribution in [-0.4, -0.2) is 30.5 Å². The Morgan fingerprint density at radius 1 is 1.14 bits per heavy atom. The molecule has 0 unspecified atom stereocenters. The highest BCUT2D eigenvalue weighted by atomic mass is 35.5. The predicted molar refractivity (Wildman–Crippen MR) is 79.9 cm³/mol. The first kappa shape index (κ1) is 15.2. The van der Waals surface area contributed by atoms with Gasteiger partial charge in [-0.25, -0.2) is 18.4 Å². The summed E-state index contributed by atoms with van der Waals surface area (Å²) >= 11 is 5.59. The zero-order valence-electron chi connectivity index (χ0n) is 10.9. The van der Waals surface area contributed by atoms with Gasteiger partial charge in [0, 0.05) is 0 Å². The van der Waals surface area contributed by atoms with Crippen molar-refractivity contribution in [1.29, 1.82) is 0 Å². The second-order valence-electron chi connectivity index (χ2n) is 4.10. The van der Waals surface area contributed by atoms with Crippen molar-refractivity contribution >= 4 is 38.9 Å². The van der Waals surface area contributed by atoms with Gasteiger partial charge in [0.15, 0.2) is 0 Å². The standard InChI is InChI=1S/C12H11ClN4O3S/c1-21(19,20)17-9-5-3-2-4-8(9)16-12(18)10-6-15-11(13)7-14-10/h2-7,17H,1H3,(H,16,18). The van der Waals surface area contributed by atoms with Crippen molar-refractivity contribution in [1.82, 2.24) is 9.97 Å². The third kappa shape index (κ3) is 4.40. The topological polar surface area (TPSA) is 101 Å². The van der Waals surface area contributed by atoms with Crippen molar-refractivity contribution in [3.8, 4) is 0 Å². The number of hydrogen-bond donors (Lipinski definition) is 2. The van der Waals surface area contributed by atoms with Gasteiger partial charge in [0.05, 0.1) is 30.0 Å². The Bertz CT molecular complexity index is 762. The largest absolute Gasteiger partial charge is 0.319 e. The minimum Gasteiger partial charge on any atom is -0.319 e. The Labute approximate surface area is 126 Å². The summed E-state index contributed by atoms with van der Waals surface area (Å²) in [5, 5.41) is 2.73. The smallest absolute Gasteiger partial charge is 0.275 e. The van der Waals surface area contributed by atoms with Crippen molar-refractivity contribution in [3.05, 3.63) is 47.5 Å². The van der Waals surface area contributed by atoms with Crippen molar-refractivity contribution in [3.63, 3.8) is 0 Å². The minimum absolute atomic E-state index is 0.0635. The van der Waals surface area contributed by atoms with Crippen LogP contribution in [0.2, 0.25) is 5.15 Å². The molecule has 1 aromatic carbocycles. The van der Waals surface area contributed by atoms with E-state index >= 15 is 0 Å². The van der Waals surface area contributed by atoms with Crippen LogP contribution in [0, 0.1) is 0 Å². The fraction of sp³-hybridized carbons (Fsp3) is 0.0833. The third-order valence-corrected chi connectivity index (χ3v) is 3.11. The lowest BCUT2D eigenvalue weighted by atomic mass is 10.2. The van der Waals surface area contributed by atoms with Gasteiger partial charge in [-0.15, -0.1) is 0 Å². The van der Waals surface area contributed by atoms with E-state index in [2.05, 4.69) is 20.0 Å². The number of benzene rings is 1. The molecule has 7 nitrogen and oxygen atoms in total. The molecule has 2 aromatic rings. The number of aromatic nitrogens is 2. The molecule has 1 heterocycles. The number of carbonyl (C=O) groups excluding carboxylic acids is 1. The van der Waals surface area contributed by atoms with Gasteiger partial charge >= 0.3 is 0 Å². The highest BCUT2D eigenvalue weighted by Gasteiger charge is 2.12. The normalized spacial score (nSPS) is 11.0. The molecular weight excluding hydrogens is 316 g/mol. The Morgan fingerprint density at radius 2 is 1.81 bits per heavy atom. The molecule has 0 aliphatic heterocycles. The molecule has 0 saturated heterocycles. The Hall–Kier alpha value is -2.19. The molecule has 9 heteroatoms. The van der Waals surface area contributed by atoms with Crippen LogP contribution in [0.3, 0.4) is 0 Å². The van der Waals surface area contributed by atoms with E-state index in [1.165, 1.54) is 18.5 Å². The Morgan fingerprint density at radius 3 is 2.38 bits per heavy atom. The monoisotopic (exact) mass is 326 g/mol. The molecule has 0 spiro atoms. The van der Waals surface area contributed by atoms with Gasteiger partial charge in [0.2, 0.25) is 10.0 Å². The van der Waals surface area contributed by atoms with E-state index in [9.17, 15) is 13.2 Å². The summed E-state index contributed by atoms with van der Waals surface area (Å²) in [6, 6.07) is 6.40. The first-order chi connectivity index (χ1) is 9.85. The summed E-state index contributed by atoms with van der Waals surface area (Å²) in [5.74, 6) is -0.526. The number of hydrogen-bond acceptors (Lipinski definition) is 5. The van der Waals surface area contributed by atoms with Crippen LogP contribution in [0.25, 0.3) is 0 Å². The minimum atomic E-state index is -3.45. The molecule has 0 saturated carbocycles. The summed E-state index contributed by atoms with van der Waals surface area (Å²) in [7, 11) is -3.45. The van der Waals surface area contributed by atoms with Crippen LogP contribution >= 0.6 is 11.6 Å². The molecule has 0 aliphatic carbocycles. The number of carbonyl (C=O) groups is 1. The van der Waals surface area contributed by atoms with Crippen LogP contribution < -0.4 is 10.0 Å². The maximum atomic E-state index is 12.0. The first-order valence-corrected chi connectivity index (χ1v) is 7.98. The number of amides is 1. The average Bonchev–Trinajstić information content (AvgIpc) is 2.40. The van der Waals surface area contributed by atoms with Gasteiger partial charge in [-0.2, -0.15) is 0 Å². The zero-order chi connectivity index (χ0) is 15.5. The van der Waals surface area contributed by atoms with Gasteiger partial charge in [0.25, 0.3) is 5.91 Å². The molecule has 0 bridgehead atoms. The van der Waals surface area contributed by atoms with Crippen LogP contribution in [0.4, 0.5) is 11.4 Å². The number of nitrogens with one attached hydrogen (secondary N) is 2. The van der Waals surface area contributed by atoms with Crippen molar-refractivity contribution in [2.45, 2.75) is 0 Å². The SMILES string of the molecule is CS(=O)(=O)Nc1ccccc1NC(=O)c1cnc(Cl)cn1. The number of para-hydroxylation sites is 2. The van der Waals surface area contributed by atoms with Crippen LogP contribution in [0.5, 0.6) is 0 Å². The van der Waals surface area contributed by atoms with Gasteiger partial charge in [-0.05, 0) is 12.1 Å². The maximum absolute atomic E-state index is 12.0. The number of anilines is 2. The van der Waals surface area contributed by atoms with E-state index in [-0.39, 0.29) is 16.5 Å². The lowest BCUT2D eigenvalue weighted by Gasteiger charge is -2.11. The Balaban J connectivity index is 2.23. The number of rotatable bonds is 4. The molecule has 2 N–H and O–H groups in total. The third-order valence-electron chi connectivity index (χ3n) is 2.32. The summed E-state index contributed by atoms with van der Waals surface area (Å²) < 4.78 is 24.9. The molecule has 2 rings (SSSR count).